The Bertz CT molecular complexity index is 386. The molecule has 0 saturated carbocycles. The van der Waals surface area contributed by atoms with Crippen LogP contribution in [0, 0.1) is 16.7 Å². The van der Waals surface area contributed by atoms with Crippen LogP contribution in [0.3, 0.4) is 0 Å². The van der Waals surface area contributed by atoms with Gasteiger partial charge < -0.3 is 10.6 Å². The lowest BCUT2D eigenvalue weighted by Crippen LogP contribution is -2.49. The molecule has 18 heavy (non-hydrogen) atoms. The normalized spacial score (nSPS) is 12.8. The van der Waals surface area contributed by atoms with Gasteiger partial charge in [-0.25, -0.2) is 0 Å². The average Bonchev–Trinajstić information content (AvgIpc) is 2.34. The van der Waals surface area contributed by atoms with Crippen LogP contribution >= 0.6 is 0 Å². The van der Waals surface area contributed by atoms with E-state index in [1.165, 1.54) is 0 Å². The van der Waals surface area contributed by atoms with Gasteiger partial charge in [-0.3, -0.25) is 0 Å². The molecular weight excluding hydrogens is 222 g/mol. The molecule has 3 heteroatoms. The number of anilines is 1. The van der Waals surface area contributed by atoms with Gasteiger partial charge in [-0.2, -0.15) is 5.26 Å². The molecule has 0 spiro atoms. The van der Waals surface area contributed by atoms with E-state index in [4.69, 9.17) is 11.0 Å². The summed E-state index contributed by atoms with van der Waals surface area (Å²) >= 11 is 0. The van der Waals surface area contributed by atoms with E-state index in [1.807, 2.05) is 18.2 Å². The van der Waals surface area contributed by atoms with E-state index in [-0.39, 0.29) is 11.5 Å². The fraction of sp³-hybridized carbons (Fsp3) is 0.533. The number of hydrogen-bond donors (Lipinski definition) is 1. The smallest absolute Gasteiger partial charge is 0.0640 e. The van der Waals surface area contributed by atoms with Gasteiger partial charge in [0, 0.05) is 24.8 Å². The van der Waals surface area contributed by atoms with Crippen LogP contribution < -0.4 is 10.6 Å². The van der Waals surface area contributed by atoms with Crippen molar-refractivity contribution in [2.24, 2.45) is 11.1 Å². The standard InChI is InChI=1S/C15H23N3/c1-15(2,3)14(12-17)18(11-7-10-16)13-8-5-4-6-9-13/h4-6,8-9,14H,7,11-12,17H2,1-3H3. The van der Waals surface area contributed by atoms with Crippen LogP contribution in [0.5, 0.6) is 0 Å². The van der Waals surface area contributed by atoms with Crippen molar-refractivity contribution in [2.75, 3.05) is 18.0 Å². The van der Waals surface area contributed by atoms with Crippen LogP contribution in [0.15, 0.2) is 30.3 Å². The van der Waals surface area contributed by atoms with Gasteiger partial charge >= 0.3 is 0 Å². The van der Waals surface area contributed by atoms with Gasteiger partial charge in [0.2, 0.25) is 0 Å². The van der Waals surface area contributed by atoms with Crippen LogP contribution in [0.1, 0.15) is 27.2 Å². The molecule has 2 N–H and O–H groups in total. The molecule has 1 rings (SSSR count). The van der Waals surface area contributed by atoms with Gasteiger partial charge in [0.15, 0.2) is 0 Å². The predicted molar refractivity (Wildman–Crippen MR) is 76.3 cm³/mol. The lowest BCUT2D eigenvalue weighted by Gasteiger charge is -2.41. The molecule has 0 amide bonds. The number of nitriles is 1. The first kappa shape index (κ1) is 14.5. The average molecular weight is 245 g/mol. The molecule has 0 heterocycles. The Morgan fingerprint density at radius 1 is 1.28 bits per heavy atom. The maximum Gasteiger partial charge on any atom is 0.0640 e. The minimum Gasteiger partial charge on any atom is -0.366 e. The van der Waals surface area contributed by atoms with Crippen LogP contribution in [0.2, 0.25) is 0 Å². The topological polar surface area (TPSA) is 53.0 Å². The Labute approximate surface area is 110 Å². The third kappa shape index (κ3) is 3.75. The molecule has 1 aromatic rings. The van der Waals surface area contributed by atoms with E-state index >= 15 is 0 Å². The zero-order chi connectivity index (χ0) is 13.6. The van der Waals surface area contributed by atoms with Crippen molar-refractivity contribution in [3.05, 3.63) is 30.3 Å². The molecule has 0 aliphatic carbocycles. The maximum absolute atomic E-state index is 8.81. The molecule has 0 bridgehead atoms. The number of nitrogens with two attached hydrogens (primary N) is 1. The third-order valence-electron chi connectivity index (χ3n) is 3.15. The quantitative estimate of drug-likeness (QED) is 0.868. The molecular formula is C15H23N3. The van der Waals surface area contributed by atoms with Gasteiger partial charge in [-0.1, -0.05) is 39.0 Å². The zero-order valence-electron chi connectivity index (χ0n) is 11.6. The van der Waals surface area contributed by atoms with Crippen LogP contribution in [0.4, 0.5) is 5.69 Å². The highest BCUT2D eigenvalue weighted by Crippen LogP contribution is 2.28. The fourth-order valence-corrected chi connectivity index (χ4v) is 2.20. The van der Waals surface area contributed by atoms with Crippen LogP contribution in [-0.4, -0.2) is 19.1 Å². The number of hydrogen-bond acceptors (Lipinski definition) is 3. The Morgan fingerprint density at radius 3 is 2.33 bits per heavy atom. The molecule has 0 saturated heterocycles. The molecule has 0 aromatic heterocycles. The monoisotopic (exact) mass is 245 g/mol. The SMILES string of the molecule is CC(C)(C)C(CN)N(CCC#N)c1ccccc1. The summed E-state index contributed by atoms with van der Waals surface area (Å²) < 4.78 is 0. The van der Waals surface area contributed by atoms with E-state index < -0.39 is 0 Å². The minimum absolute atomic E-state index is 0.0834. The highest BCUT2D eigenvalue weighted by Gasteiger charge is 2.29. The Morgan fingerprint density at radius 2 is 1.89 bits per heavy atom. The van der Waals surface area contributed by atoms with Gasteiger partial charge in [0.25, 0.3) is 0 Å². The Kier molecular flexibility index (Phi) is 5.18. The summed E-state index contributed by atoms with van der Waals surface area (Å²) in [4.78, 5) is 2.25. The van der Waals surface area contributed by atoms with E-state index in [0.717, 1.165) is 12.2 Å². The minimum atomic E-state index is 0.0834. The summed E-state index contributed by atoms with van der Waals surface area (Å²) in [7, 11) is 0. The molecule has 0 aliphatic heterocycles. The van der Waals surface area contributed by atoms with E-state index in [1.54, 1.807) is 0 Å². The summed E-state index contributed by atoms with van der Waals surface area (Å²) in [5.41, 5.74) is 7.16. The summed E-state index contributed by atoms with van der Waals surface area (Å²) in [5, 5.41) is 8.81. The van der Waals surface area contributed by atoms with Crippen molar-refractivity contribution in [3.8, 4) is 6.07 Å². The molecule has 1 aromatic carbocycles. The van der Waals surface area contributed by atoms with Crippen molar-refractivity contribution in [1.29, 1.82) is 5.26 Å². The first-order valence-electron chi connectivity index (χ1n) is 6.39. The fourth-order valence-electron chi connectivity index (χ4n) is 2.20. The second-order valence-corrected chi connectivity index (χ2v) is 5.55. The first-order valence-corrected chi connectivity index (χ1v) is 6.39. The van der Waals surface area contributed by atoms with E-state index in [0.29, 0.717) is 13.0 Å². The molecule has 0 aliphatic rings. The summed E-state index contributed by atoms with van der Waals surface area (Å²) in [6.45, 7) is 7.87. The van der Waals surface area contributed by atoms with E-state index in [9.17, 15) is 0 Å². The Balaban J connectivity index is 3.01. The van der Waals surface area contributed by atoms with Crippen LogP contribution in [0.25, 0.3) is 0 Å². The number of para-hydroxylation sites is 1. The lowest BCUT2D eigenvalue weighted by molar-refractivity contribution is 0.308. The number of rotatable bonds is 5. The first-order chi connectivity index (χ1) is 8.50. The van der Waals surface area contributed by atoms with Gasteiger partial charge in [0.05, 0.1) is 12.5 Å². The predicted octanol–water partition coefficient (Wildman–Crippen LogP) is 2.78. The largest absolute Gasteiger partial charge is 0.366 e. The molecule has 0 radical (unpaired) electrons. The van der Waals surface area contributed by atoms with Crippen LogP contribution in [-0.2, 0) is 0 Å². The molecule has 0 fully saturated rings. The highest BCUT2D eigenvalue weighted by molar-refractivity contribution is 5.47. The summed E-state index contributed by atoms with van der Waals surface area (Å²) in [6, 6.07) is 12.6. The van der Waals surface area contributed by atoms with Gasteiger partial charge in [-0.05, 0) is 17.5 Å². The third-order valence-corrected chi connectivity index (χ3v) is 3.15. The molecule has 1 atom stereocenters. The van der Waals surface area contributed by atoms with Crippen molar-refractivity contribution in [2.45, 2.75) is 33.2 Å². The summed E-state index contributed by atoms with van der Waals surface area (Å²) in [6.07, 6.45) is 0.515. The molecule has 1 unspecified atom stereocenters. The molecule has 98 valence electrons. The number of benzene rings is 1. The van der Waals surface area contributed by atoms with Crippen molar-refractivity contribution in [3.63, 3.8) is 0 Å². The second kappa shape index (κ2) is 6.42. The summed E-state index contributed by atoms with van der Waals surface area (Å²) in [5.74, 6) is 0. The lowest BCUT2D eigenvalue weighted by atomic mass is 9.85. The Hall–Kier alpha value is -1.53. The van der Waals surface area contributed by atoms with Crippen molar-refractivity contribution >= 4 is 5.69 Å². The van der Waals surface area contributed by atoms with Gasteiger partial charge in [-0.15, -0.1) is 0 Å². The molecule has 3 nitrogen and oxygen atoms in total. The second-order valence-electron chi connectivity index (χ2n) is 5.55. The zero-order valence-corrected chi connectivity index (χ0v) is 11.6. The van der Waals surface area contributed by atoms with E-state index in [2.05, 4.69) is 43.9 Å². The highest BCUT2D eigenvalue weighted by atomic mass is 15.2. The van der Waals surface area contributed by atoms with Gasteiger partial charge in [0.1, 0.15) is 0 Å². The van der Waals surface area contributed by atoms with Crippen molar-refractivity contribution < 1.29 is 0 Å². The maximum atomic E-state index is 8.81. The number of nitrogens with zero attached hydrogens (tertiary/aromatic N) is 2. The van der Waals surface area contributed by atoms with Crippen molar-refractivity contribution in [1.82, 2.24) is 0 Å².